The Balaban J connectivity index is 1.62. The molecule has 3 rings (SSSR count). The summed E-state index contributed by atoms with van der Waals surface area (Å²) in [6, 6.07) is 12.0. The van der Waals surface area contributed by atoms with Crippen LogP contribution in [0.3, 0.4) is 0 Å². The van der Waals surface area contributed by atoms with Gasteiger partial charge in [0.25, 0.3) is 5.69 Å². The monoisotopic (exact) mass is 441 g/mol. The van der Waals surface area contributed by atoms with Crippen LogP contribution in [0.5, 0.6) is 5.75 Å². The van der Waals surface area contributed by atoms with Crippen molar-refractivity contribution in [1.82, 2.24) is 14.8 Å². The van der Waals surface area contributed by atoms with Crippen molar-refractivity contribution in [3.8, 4) is 5.75 Å². The SMILES string of the molecule is CCn1c(COc2cc(C)cc(C)c2)nnc1SCC(=O)Nc1ccccc1[N+](=O)[O-]. The van der Waals surface area contributed by atoms with Gasteiger partial charge in [0.2, 0.25) is 5.91 Å². The van der Waals surface area contributed by atoms with Crippen LogP contribution in [-0.2, 0) is 17.9 Å². The van der Waals surface area contributed by atoms with Gasteiger partial charge in [0.15, 0.2) is 11.0 Å². The molecule has 31 heavy (non-hydrogen) atoms. The summed E-state index contributed by atoms with van der Waals surface area (Å²) in [5.74, 6) is 1.10. The minimum absolute atomic E-state index is 0.0438. The second kappa shape index (κ2) is 10.1. The van der Waals surface area contributed by atoms with Crippen LogP contribution in [0.15, 0.2) is 47.6 Å². The number of carbonyl (C=O) groups is 1. The molecule has 0 unspecified atom stereocenters. The third-order valence-electron chi connectivity index (χ3n) is 4.38. The topological polar surface area (TPSA) is 112 Å². The highest BCUT2D eigenvalue weighted by Gasteiger charge is 2.17. The maximum Gasteiger partial charge on any atom is 0.292 e. The maximum absolute atomic E-state index is 12.3. The van der Waals surface area contributed by atoms with Gasteiger partial charge in [-0.2, -0.15) is 0 Å². The van der Waals surface area contributed by atoms with Crippen LogP contribution in [-0.4, -0.2) is 31.3 Å². The van der Waals surface area contributed by atoms with E-state index in [1.165, 1.54) is 23.9 Å². The molecule has 0 aliphatic rings. The molecule has 0 radical (unpaired) electrons. The molecule has 9 nitrogen and oxygen atoms in total. The number of nitro groups is 1. The predicted molar refractivity (Wildman–Crippen MR) is 118 cm³/mol. The molecule has 0 spiro atoms. The fourth-order valence-electron chi connectivity index (χ4n) is 3.07. The Morgan fingerprint density at radius 3 is 2.58 bits per heavy atom. The minimum Gasteiger partial charge on any atom is -0.486 e. The van der Waals surface area contributed by atoms with Crippen LogP contribution in [0.25, 0.3) is 0 Å². The first-order valence-electron chi connectivity index (χ1n) is 9.66. The van der Waals surface area contributed by atoms with E-state index in [0.29, 0.717) is 17.5 Å². The normalized spacial score (nSPS) is 10.7. The van der Waals surface area contributed by atoms with Gasteiger partial charge in [-0.1, -0.05) is 30.0 Å². The number of anilines is 1. The van der Waals surface area contributed by atoms with Crippen molar-refractivity contribution in [2.24, 2.45) is 0 Å². The van der Waals surface area contributed by atoms with Gasteiger partial charge in [-0.05, 0) is 50.1 Å². The van der Waals surface area contributed by atoms with Gasteiger partial charge >= 0.3 is 0 Å². The van der Waals surface area contributed by atoms with E-state index in [4.69, 9.17) is 4.74 Å². The Hall–Kier alpha value is -3.40. The van der Waals surface area contributed by atoms with E-state index >= 15 is 0 Å². The molecule has 0 saturated carbocycles. The number of thioether (sulfide) groups is 1. The number of rotatable bonds is 9. The van der Waals surface area contributed by atoms with Crippen molar-refractivity contribution in [3.05, 3.63) is 69.5 Å². The van der Waals surface area contributed by atoms with E-state index in [9.17, 15) is 14.9 Å². The van der Waals surface area contributed by atoms with Crippen LogP contribution in [0.1, 0.15) is 23.9 Å². The lowest BCUT2D eigenvalue weighted by molar-refractivity contribution is -0.383. The highest BCUT2D eigenvalue weighted by molar-refractivity contribution is 7.99. The molecule has 2 aromatic carbocycles. The van der Waals surface area contributed by atoms with E-state index in [1.807, 2.05) is 37.5 Å². The van der Waals surface area contributed by atoms with Gasteiger partial charge in [0, 0.05) is 12.6 Å². The average molecular weight is 442 g/mol. The molecular formula is C21H23N5O4S. The predicted octanol–water partition coefficient (Wildman–Crippen LogP) is 4.13. The molecule has 0 aliphatic carbocycles. The van der Waals surface area contributed by atoms with Crippen LogP contribution >= 0.6 is 11.8 Å². The van der Waals surface area contributed by atoms with Crippen molar-refractivity contribution >= 4 is 29.0 Å². The highest BCUT2D eigenvalue weighted by Crippen LogP contribution is 2.24. The number of nitrogens with zero attached hydrogens (tertiary/aromatic N) is 4. The van der Waals surface area contributed by atoms with Gasteiger partial charge in [-0.3, -0.25) is 14.9 Å². The van der Waals surface area contributed by atoms with Crippen molar-refractivity contribution < 1.29 is 14.5 Å². The van der Waals surface area contributed by atoms with Gasteiger partial charge in [0.05, 0.1) is 10.7 Å². The number of aromatic nitrogens is 3. The summed E-state index contributed by atoms with van der Waals surface area (Å²) in [6.45, 7) is 6.86. The van der Waals surface area contributed by atoms with Gasteiger partial charge in [-0.25, -0.2) is 0 Å². The molecule has 1 N–H and O–H groups in total. The number of amides is 1. The molecule has 1 heterocycles. The van der Waals surface area contributed by atoms with Crippen LogP contribution in [0, 0.1) is 24.0 Å². The zero-order valence-corrected chi connectivity index (χ0v) is 18.3. The van der Waals surface area contributed by atoms with Crippen LogP contribution < -0.4 is 10.1 Å². The Morgan fingerprint density at radius 2 is 1.90 bits per heavy atom. The summed E-state index contributed by atoms with van der Waals surface area (Å²) in [7, 11) is 0. The van der Waals surface area contributed by atoms with Crippen molar-refractivity contribution in [3.63, 3.8) is 0 Å². The molecule has 1 amide bonds. The number of nitro benzene ring substituents is 1. The second-order valence-electron chi connectivity index (χ2n) is 6.87. The number of hydrogen-bond acceptors (Lipinski definition) is 7. The molecule has 10 heteroatoms. The summed E-state index contributed by atoms with van der Waals surface area (Å²) < 4.78 is 7.75. The smallest absolute Gasteiger partial charge is 0.292 e. The van der Waals surface area contributed by atoms with E-state index < -0.39 is 4.92 Å². The van der Waals surface area contributed by atoms with E-state index in [-0.39, 0.29) is 29.6 Å². The number of carbonyl (C=O) groups excluding carboxylic acids is 1. The van der Waals surface area contributed by atoms with Crippen molar-refractivity contribution in [2.75, 3.05) is 11.1 Å². The first-order chi connectivity index (χ1) is 14.9. The summed E-state index contributed by atoms with van der Waals surface area (Å²) in [6.07, 6.45) is 0. The van der Waals surface area contributed by atoms with Gasteiger partial charge in [-0.15, -0.1) is 10.2 Å². The molecule has 162 valence electrons. The lowest BCUT2D eigenvalue weighted by Gasteiger charge is -2.10. The molecule has 0 atom stereocenters. The van der Waals surface area contributed by atoms with Crippen LogP contribution in [0.2, 0.25) is 0 Å². The summed E-state index contributed by atoms with van der Waals surface area (Å²) in [5, 5.41) is 22.6. The molecule has 0 fully saturated rings. The third-order valence-corrected chi connectivity index (χ3v) is 5.35. The van der Waals surface area contributed by atoms with E-state index in [2.05, 4.69) is 21.6 Å². The molecule has 0 bridgehead atoms. The Kier molecular flexibility index (Phi) is 7.24. The minimum atomic E-state index is -0.529. The largest absolute Gasteiger partial charge is 0.486 e. The van der Waals surface area contributed by atoms with Crippen LogP contribution in [0.4, 0.5) is 11.4 Å². The number of nitrogens with one attached hydrogen (secondary N) is 1. The Bertz CT molecular complexity index is 1080. The lowest BCUT2D eigenvalue weighted by atomic mass is 10.1. The standard InChI is InChI=1S/C21H23N5O4S/c1-4-25-19(12-30-16-10-14(2)9-15(3)11-16)23-24-21(25)31-13-20(27)22-17-7-5-6-8-18(17)26(28)29/h5-11H,4,12-13H2,1-3H3,(H,22,27). The quantitative estimate of drug-likeness (QED) is 0.302. The Morgan fingerprint density at radius 1 is 1.19 bits per heavy atom. The number of para-hydroxylation sites is 2. The Labute approximate surface area is 184 Å². The zero-order valence-electron chi connectivity index (χ0n) is 17.5. The maximum atomic E-state index is 12.3. The fraction of sp³-hybridized carbons (Fsp3) is 0.286. The summed E-state index contributed by atoms with van der Waals surface area (Å²) in [4.78, 5) is 22.9. The van der Waals surface area contributed by atoms with Crippen molar-refractivity contribution in [1.29, 1.82) is 0 Å². The van der Waals surface area contributed by atoms with Gasteiger partial charge in [0.1, 0.15) is 18.0 Å². The zero-order chi connectivity index (χ0) is 22.4. The molecule has 0 saturated heterocycles. The van der Waals surface area contributed by atoms with E-state index in [1.54, 1.807) is 12.1 Å². The molecular weight excluding hydrogens is 418 g/mol. The summed E-state index contributed by atoms with van der Waals surface area (Å²) >= 11 is 1.21. The first kappa shape index (κ1) is 22.3. The van der Waals surface area contributed by atoms with Gasteiger partial charge < -0.3 is 14.6 Å². The van der Waals surface area contributed by atoms with Crippen molar-refractivity contribution in [2.45, 2.75) is 39.1 Å². The molecule has 3 aromatic rings. The average Bonchev–Trinajstić information content (AvgIpc) is 3.12. The molecule has 0 aliphatic heterocycles. The number of aryl methyl sites for hydroxylation is 2. The lowest BCUT2D eigenvalue weighted by Crippen LogP contribution is -2.15. The fourth-order valence-corrected chi connectivity index (χ4v) is 3.89. The first-order valence-corrected chi connectivity index (χ1v) is 10.6. The summed E-state index contributed by atoms with van der Waals surface area (Å²) in [5.41, 5.74) is 2.25. The number of hydrogen-bond donors (Lipinski definition) is 1. The third kappa shape index (κ3) is 5.82. The van der Waals surface area contributed by atoms with E-state index in [0.717, 1.165) is 16.9 Å². The highest BCUT2D eigenvalue weighted by atomic mass is 32.2. The number of ether oxygens (including phenoxy) is 1. The molecule has 1 aromatic heterocycles. The number of benzene rings is 2. The second-order valence-corrected chi connectivity index (χ2v) is 7.81.